The van der Waals surface area contributed by atoms with Crippen molar-refractivity contribution in [3.8, 4) is 0 Å². The summed E-state index contributed by atoms with van der Waals surface area (Å²) in [7, 11) is 0. The average Bonchev–Trinajstić information content (AvgIpc) is 3.19. The zero-order valence-corrected chi connectivity index (χ0v) is 12.2. The van der Waals surface area contributed by atoms with Crippen LogP contribution < -0.4 is 5.32 Å². The summed E-state index contributed by atoms with van der Waals surface area (Å²) in [6, 6.07) is 0. The third kappa shape index (κ3) is 2.96. The third-order valence-electron chi connectivity index (χ3n) is 4.52. The van der Waals surface area contributed by atoms with Gasteiger partial charge in [0, 0.05) is 32.5 Å². The van der Waals surface area contributed by atoms with Crippen LogP contribution in [0, 0.1) is 11.8 Å². The van der Waals surface area contributed by atoms with E-state index in [-0.39, 0.29) is 23.7 Å². The molecule has 2 aliphatic heterocycles. The molecule has 3 rings (SSSR count). The van der Waals surface area contributed by atoms with E-state index in [0.29, 0.717) is 39.3 Å². The largest absolute Gasteiger partial charge is 0.352 e. The summed E-state index contributed by atoms with van der Waals surface area (Å²) in [4.78, 5) is 26.0. The van der Waals surface area contributed by atoms with Gasteiger partial charge < -0.3 is 19.7 Å². The molecule has 1 spiro atoms. The first-order valence-corrected chi connectivity index (χ1v) is 7.60. The van der Waals surface area contributed by atoms with Gasteiger partial charge in [-0.2, -0.15) is 0 Å². The summed E-state index contributed by atoms with van der Waals surface area (Å²) >= 11 is 0. The van der Waals surface area contributed by atoms with Crippen LogP contribution in [0.2, 0.25) is 0 Å². The summed E-state index contributed by atoms with van der Waals surface area (Å²) in [6.45, 7) is 6.60. The molecule has 3 fully saturated rings. The molecule has 3 aliphatic rings. The van der Waals surface area contributed by atoms with Crippen molar-refractivity contribution >= 4 is 11.8 Å². The Hall–Kier alpha value is -1.40. The highest BCUT2D eigenvalue weighted by Gasteiger charge is 2.50. The van der Waals surface area contributed by atoms with Gasteiger partial charge in [0.05, 0.1) is 25.0 Å². The highest BCUT2D eigenvalue weighted by Crippen LogP contribution is 2.41. The molecule has 0 bridgehead atoms. The lowest BCUT2D eigenvalue weighted by atomic mass is 10.0. The molecule has 1 N–H and O–H groups in total. The standard InChI is InChI=1S/C15H22N2O4/c1-2-5-16-13(18)11-10-12(11)14(19)17-6-3-15(4-7-17)20-8-9-21-15/h2,11-12H,1,3-10H2,(H,16,18). The molecule has 2 atom stereocenters. The van der Waals surface area contributed by atoms with Crippen molar-refractivity contribution in [3.05, 3.63) is 12.7 Å². The maximum absolute atomic E-state index is 12.4. The predicted molar refractivity (Wildman–Crippen MR) is 75.3 cm³/mol. The van der Waals surface area contributed by atoms with E-state index in [0.717, 1.165) is 12.8 Å². The number of hydrogen-bond donors (Lipinski definition) is 1. The summed E-state index contributed by atoms with van der Waals surface area (Å²) in [5.41, 5.74) is 0. The Bertz CT molecular complexity index is 435. The molecule has 21 heavy (non-hydrogen) atoms. The molecule has 2 amide bonds. The first kappa shape index (κ1) is 14.5. The number of hydrogen-bond acceptors (Lipinski definition) is 4. The maximum Gasteiger partial charge on any atom is 0.226 e. The molecule has 0 aromatic heterocycles. The summed E-state index contributed by atoms with van der Waals surface area (Å²) < 4.78 is 11.3. The van der Waals surface area contributed by atoms with Crippen molar-refractivity contribution < 1.29 is 19.1 Å². The van der Waals surface area contributed by atoms with E-state index in [2.05, 4.69) is 11.9 Å². The molecule has 0 aromatic rings. The minimum atomic E-state index is -0.457. The summed E-state index contributed by atoms with van der Waals surface area (Å²) in [5.74, 6) is -0.700. The van der Waals surface area contributed by atoms with Crippen LogP contribution >= 0.6 is 0 Å². The van der Waals surface area contributed by atoms with E-state index in [9.17, 15) is 9.59 Å². The van der Waals surface area contributed by atoms with Crippen LogP contribution in [0.15, 0.2) is 12.7 Å². The van der Waals surface area contributed by atoms with Crippen molar-refractivity contribution in [2.24, 2.45) is 11.8 Å². The molecular formula is C15H22N2O4. The minimum Gasteiger partial charge on any atom is -0.352 e. The quantitative estimate of drug-likeness (QED) is 0.757. The second-order valence-corrected chi connectivity index (χ2v) is 5.92. The fraction of sp³-hybridized carbons (Fsp3) is 0.733. The highest BCUT2D eigenvalue weighted by molar-refractivity contribution is 5.92. The van der Waals surface area contributed by atoms with Crippen LogP contribution in [-0.4, -0.2) is 55.3 Å². The fourth-order valence-corrected chi connectivity index (χ4v) is 3.15. The second kappa shape index (κ2) is 5.77. The average molecular weight is 294 g/mol. The number of carbonyl (C=O) groups is 2. The second-order valence-electron chi connectivity index (χ2n) is 5.92. The van der Waals surface area contributed by atoms with Gasteiger partial charge in [-0.15, -0.1) is 6.58 Å². The van der Waals surface area contributed by atoms with E-state index in [4.69, 9.17) is 9.47 Å². The van der Waals surface area contributed by atoms with E-state index in [1.165, 1.54) is 0 Å². The Morgan fingerprint density at radius 1 is 1.24 bits per heavy atom. The van der Waals surface area contributed by atoms with Gasteiger partial charge in [-0.1, -0.05) is 6.08 Å². The Morgan fingerprint density at radius 3 is 2.52 bits per heavy atom. The molecule has 0 radical (unpaired) electrons. The van der Waals surface area contributed by atoms with Crippen LogP contribution in [0.1, 0.15) is 19.3 Å². The number of likely N-dealkylation sites (tertiary alicyclic amines) is 1. The molecule has 6 heteroatoms. The zero-order chi connectivity index (χ0) is 14.9. The number of ether oxygens (including phenoxy) is 2. The molecule has 2 unspecified atom stereocenters. The topological polar surface area (TPSA) is 67.9 Å². The lowest BCUT2D eigenvalue weighted by Gasteiger charge is -2.37. The van der Waals surface area contributed by atoms with Crippen molar-refractivity contribution in [1.29, 1.82) is 0 Å². The van der Waals surface area contributed by atoms with Gasteiger partial charge in [-0.25, -0.2) is 0 Å². The number of carbonyl (C=O) groups excluding carboxylic acids is 2. The highest BCUT2D eigenvalue weighted by atomic mass is 16.7. The van der Waals surface area contributed by atoms with Gasteiger partial charge in [0.1, 0.15) is 0 Å². The number of nitrogens with one attached hydrogen (secondary N) is 1. The van der Waals surface area contributed by atoms with Crippen molar-refractivity contribution in [2.45, 2.75) is 25.0 Å². The van der Waals surface area contributed by atoms with Crippen LogP contribution in [0.3, 0.4) is 0 Å². The molecule has 116 valence electrons. The van der Waals surface area contributed by atoms with Gasteiger partial charge in [-0.3, -0.25) is 9.59 Å². The third-order valence-corrected chi connectivity index (χ3v) is 4.52. The molecule has 2 heterocycles. The van der Waals surface area contributed by atoms with Gasteiger partial charge in [-0.05, 0) is 6.42 Å². The predicted octanol–water partition coefficient (Wildman–Crippen LogP) is 0.290. The Balaban J connectivity index is 1.47. The molecule has 1 aliphatic carbocycles. The Morgan fingerprint density at radius 2 is 1.90 bits per heavy atom. The van der Waals surface area contributed by atoms with E-state index in [1.807, 2.05) is 4.90 Å². The van der Waals surface area contributed by atoms with Crippen LogP contribution in [0.4, 0.5) is 0 Å². The fourth-order valence-electron chi connectivity index (χ4n) is 3.15. The minimum absolute atomic E-state index is 0.0378. The Labute approximate surface area is 124 Å². The number of piperidine rings is 1. The van der Waals surface area contributed by atoms with Crippen molar-refractivity contribution in [3.63, 3.8) is 0 Å². The zero-order valence-electron chi connectivity index (χ0n) is 12.2. The summed E-state index contributed by atoms with van der Waals surface area (Å²) in [5, 5.41) is 2.75. The summed E-state index contributed by atoms with van der Waals surface area (Å²) in [6.07, 6.45) is 3.75. The van der Waals surface area contributed by atoms with Gasteiger partial charge in [0.15, 0.2) is 5.79 Å². The SMILES string of the molecule is C=CCNC(=O)C1CC1C(=O)N1CCC2(CC1)OCCO2. The lowest BCUT2D eigenvalue weighted by molar-refractivity contribution is -0.187. The van der Waals surface area contributed by atoms with E-state index < -0.39 is 5.79 Å². The number of nitrogens with zero attached hydrogens (tertiary/aromatic N) is 1. The van der Waals surface area contributed by atoms with Gasteiger partial charge in [0.2, 0.25) is 11.8 Å². The molecule has 2 saturated heterocycles. The van der Waals surface area contributed by atoms with Crippen LogP contribution in [-0.2, 0) is 19.1 Å². The van der Waals surface area contributed by atoms with Crippen LogP contribution in [0.5, 0.6) is 0 Å². The molecule has 6 nitrogen and oxygen atoms in total. The monoisotopic (exact) mass is 294 g/mol. The molecular weight excluding hydrogens is 272 g/mol. The number of rotatable bonds is 4. The smallest absolute Gasteiger partial charge is 0.226 e. The van der Waals surface area contributed by atoms with Gasteiger partial charge >= 0.3 is 0 Å². The first-order valence-electron chi connectivity index (χ1n) is 7.60. The molecule has 0 aromatic carbocycles. The van der Waals surface area contributed by atoms with E-state index in [1.54, 1.807) is 6.08 Å². The maximum atomic E-state index is 12.4. The lowest BCUT2D eigenvalue weighted by Crippen LogP contribution is -2.48. The van der Waals surface area contributed by atoms with Gasteiger partial charge in [0.25, 0.3) is 0 Å². The van der Waals surface area contributed by atoms with Crippen molar-refractivity contribution in [2.75, 3.05) is 32.8 Å². The van der Waals surface area contributed by atoms with Crippen molar-refractivity contribution in [1.82, 2.24) is 10.2 Å². The van der Waals surface area contributed by atoms with Crippen LogP contribution in [0.25, 0.3) is 0 Å². The Kier molecular flexibility index (Phi) is 3.99. The van der Waals surface area contributed by atoms with E-state index >= 15 is 0 Å². The first-order chi connectivity index (χ1) is 10.2. The molecule has 1 saturated carbocycles. The number of amides is 2. The normalized spacial score (nSPS) is 30.2.